The fourth-order valence-electron chi connectivity index (χ4n) is 5.08. The molecule has 0 unspecified atom stereocenters. The van der Waals surface area contributed by atoms with E-state index in [1.54, 1.807) is 14.2 Å². The largest absolute Gasteiger partial charge is 0.380 e. The fraction of sp³-hybridized carbons (Fsp3) is 0.500. The molecule has 0 spiro atoms. The molecule has 5 nitrogen and oxygen atoms in total. The van der Waals surface area contributed by atoms with Crippen LogP contribution >= 0.6 is 0 Å². The van der Waals surface area contributed by atoms with Gasteiger partial charge in [-0.3, -0.25) is 0 Å². The minimum absolute atomic E-state index is 0.736. The van der Waals surface area contributed by atoms with Crippen LogP contribution in [0.1, 0.15) is 35.1 Å². The fourth-order valence-corrected chi connectivity index (χ4v) is 5.08. The highest BCUT2D eigenvalue weighted by atomic mass is 16.5. The molecule has 2 aromatic carbocycles. The van der Waals surface area contributed by atoms with Gasteiger partial charge in [0.2, 0.25) is 0 Å². The lowest BCUT2D eigenvalue weighted by Crippen LogP contribution is -2.34. The molecule has 0 radical (unpaired) electrons. The molecule has 4 rings (SSSR count). The van der Waals surface area contributed by atoms with Crippen LogP contribution in [0, 0.1) is 0 Å². The average molecular weight is 451 g/mol. The number of fused-ring (bicyclic) bond motifs is 2. The van der Waals surface area contributed by atoms with Crippen LogP contribution in [-0.4, -0.2) is 87.4 Å². The lowest BCUT2D eigenvalue weighted by atomic mass is 9.95. The lowest BCUT2D eigenvalue weighted by Gasteiger charge is -2.19. The summed E-state index contributed by atoms with van der Waals surface area (Å²) in [5, 5.41) is 0. The molecule has 2 aliphatic heterocycles. The molecule has 0 atom stereocenters. The minimum Gasteiger partial charge on any atom is -0.380 e. The molecule has 2 aromatic rings. The number of hydrogen-bond donors (Lipinski definition) is 0. The van der Waals surface area contributed by atoms with E-state index in [9.17, 15) is 0 Å². The first-order valence-electron chi connectivity index (χ1n) is 12.3. The Morgan fingerprint density at radius 2 is 1.09 bits per heavy atom. The number of ether oxygens (including phenoxy) is 3. The molecule has 0 saturated heterocycles. The van der Waals surface area contributed by atoms with Gasteiger partial charge in [-0.2, -0.15) is 0 Å². The van der Waals surface area contributed by atoms with Crippen molar-refractivity contribution in [1.82, 2.24) is 0 Å². The lowest BCUT2D eigenvalue weighted by molar-refractivity contribution is -0.532. The summed E-state index contributed by atoms with van der Waals surface area (Å²) >= 11 is 0. The molecule has 0 saturated carbocycles. The zero-order valence-corrected chi connectivity index (χ0v) is 20.2. The second-order valence-electron chi connectivity index (χ2n) is 8.78. The first-order valence-corrected chi connectivity index (χ1v) is 12.3. The van der Waals surface area contributed by atoms with Gasteiger partial charge >= 0.3 is 0 Å². The van der Waals surface area contributed by atoms with Crippen LogP contribution in [0.15, 0.2) is 48.5 Å². The second kappa shape index (κ2) is 12.2. The summed E-state index contributed by atoms with van der Waals surface area (Å²) in [5.74, 6) is 0. The Morgan fingerprint density at radius 3 is 1.55 bits per heavy atom. The molecule has 176 valence electrons. The highest BCUT2D eigenvalue weighted by Crippen LogP contribution is 2.19. The zero-order chi connectivity index (χ0) is 22.9. The summed E-state index contributed by atoms with van der Waals surface area (Å²) in [6.45, 7) is 6.95. The second-order valence-corrected chi connectivity index (χ2v) is 8.78. The standard InChI is InChI=1S/C28H38N2O3/c1-31-21-17-29-15-11-23-7-3-5-9-25(23)27(29)13-19-33-20-14-28-26-10-6-4-8-24(26)12-16-30(28)18-22-32-2/h3-10H,11-22H2,1-2H3/q+2. The molecule has 5 heteroatoms. The summed E-state index contributed by atoms with van der Waals surface area (Å²) in [5.41, 5.74) is 8.45. The first kappa shape index (κ1) is 23.8. The minimum atomic E-state index is 0.736. The molecule has 2 heterocycles. The molecule has 0 aromatic heterocycles. The maximum absolute atomic E-state index is 6.22. The van der Waals surface area contributed by atoms with Crippen molar-refractivity contribution in [3.8, 4) is 0 Å². The number of nitrogens with zero attached hydrogens (tertiary/aromatic N) is 2. The van der Waals surface area contributed by atoms with E-state index in [0.29, 0.717) is 0 Å². The summed E-state index contributed by atoms with van der Waals surface area (Å²) in [7, 11) is 3.55. The predicted molar refractivity (Wildman–Crippen MR) is 132 cm³/mol. The van der Waals surface area contributed by atoms with E-state index in [0.717, 1.165) is 78.3 Å². The Labute approximate surface area is 198 Å². The van der Waals surface area contributed by atoms with Crippen LogP contribution in [0.5, 0.6) is 0 Å². The van der Waals surface area contributed by atoms with E-state index in [1.807, 2.05) is 0 Å². The third-order valence-electron chi connectivity index (χ3n) is 6.82. The van der Waals surface area contributed by atoms with Gasteiger partial charge in [-0.1, -0.05) is 36.4 Å². The van der Waals surface area contributed by atoms with Crippen molar-refractivity contribution in [2.75, 3.05) is 66.8 Å². The highest BCUT2D eigenvalue weighted by molar-refractivity contribution is 5.99. The van der Waals surface area contributed by atoms with E-state index >= 15 is 0 Å². The van der Waals surface area contributed by atoms with E-state index < -0.39 is 0 Å². The molecule has 2 aliphatic rings. The van der Waals surface area contributed by atoms with Crippen LogP contribution < -0.4 is 0 Å². The van der Waals surface area contributed by atoms with Gasteiger partial charge < -0.3 is 14.2 Å². The van der Waals surface area contributed by atoms with E-state index in [1.165, 1.54) is 33.7 Å². The Kier molecular flexibility index (Phi) is 8.81. The van der Waals surface area contributed by atoms with Crippen molar-refractivity contribution < 1.29 is 23.4 Å². The smallest absolute Gasteiger partial charge is 0.185 e. The average Bonchev–Trinajstić information content (AvgIpc) is 2.86. The van der Waals surface area contributed by atoms with Gasteiger partial charge in [0, 0.05) is 38.2 Å². The van der Waals surface area contributed by atoms with Crippen molar-refractivity contribution in [3.63, 3.8) is 0 Å². The topological polar surface area (TPSA) is 33.7 Å². The van der Waals surface area contributed by atoms with Crippen LogP contribution in [0.3, 0.4) is 0 Å². The molecule has 0 bridgehead atoms. The van der Waals surface area contributed by atoms with E-state index in [2.05, 4.69) is 57.7 Å². The van der Waals surface area contributed by atoms with Gasteiger partial charge in [-0.05, 0) is 23.3 Å². The van der Waals surface area contributed by atoms with Crippen molar-refractivity contribution >= 4 is 11.4 Å². The summed E-state index contributed by atoms with van der Waals surface area (Å²) < 4.78 is 21.9. The maximum Gasteiger partial charge on any atom is 0.185 e. The number of benzene rings is 2. The Bertz CT molecular complexity index is 917. The molecular formula is C28H38N2O3+2. The molecule has 33 heavy (non-hydrogen) atoms. The predicted octanol–water partition coefficient (Wildman–Crippen LogP) is 3.19. The zero-order valence-electron chi connectivity index (χ0n) is 20.2. The normalized spacial score (nSPS) is 15.6. The van der Waals surface area contributed by atoms with Crippen molar-refractivity contribution in [2.24, 2.45) is 0 Å². The third kappa shape index (κ3) is 5.97. The Hall–Kier alpha value is -2.34. The maximum atomic E-state index is 6.22. The van der Waals surface area contributed by atoms with Crippen LogP contribution in [0.2, 0.25) is 0 Å². The molecule has 0 amide bonds. The summed E-state index contributed by atoms with van der Waals surface area (Å²) in [6, 6.07) is 17.6. The first-order chi connectivity index (χ1) is 16.3. The number of methoxy groups -OCH3 is 2. The van der Waals surface area contributed by atoms with Gasteiger partial charge in [0.15, 0.2) is 24.5 Å². The van der Waals surface area contributed by atoms with E-state index in [-0.39, 0.29) is 0 Å². The van der Waals surface area contributed by atoms with Crippen LogP contribution in [-0.2, 0) is 27.1 Å². The van der Waals surface area contributed by atoms with Gasteiger partial charge in [0.1, 0.15) is 26.3 Å². The summed E-state index contributed by atoms with van der Waals surface area (Å²) in [4.78, 5) is 0. The molecule has 0 N–H and O–H groups in total. The van der Waals surface area contributed by atoms with Gasteiger partial charge in [-0.15, -0.1) is 0 Å². The molecule has 0 aliphatic carbocycles. The number of rotatable bonds is 12. The van der Waals surface area contributed by atoms with Gasteiger partial charge in [0.05, 0.1) is 26.1 Å². The monoisotopic (exact) mass is 450 g/mol. The van der Waals surface area contributed by atoms with E-state index in [4.69, 9.17) is 14.2 Å². The van der Waals surface area contributed by atoms with Crippen LogP contribution in [0.25, 0.3) is 0 Å². The molecular weight excluding hydrogens is 412 g/mol. The van der Waals surface area contributed by atoms with Crippen molar-refractivity contribution in [3.05, 3.63) is 70.8 Å². The van der Waals surface area contributed by atoms with Gasteiger partial charge in [0.25, 0.3) is 0 Å². The number of hydrogen-bond acceptors (Lipinski definition) is 3. The summed E-state index contributed by atoms with van der Waals surface area (Å²) in [6.07, 6.45) is 4.05. The highest BCUT2D eigenvalue weighted by Gasteiger charge is 2.26. The Balaban J connectivity index is 1.39. The van der Waals surface area contributed by atoms with Gasteiger partial charge in [-0.25, -0.2) is 9.15 Å². The SMILES string of the molecule is COCC[N+]1=C(CCOCCC2=[N+](CCOC)CCc3ccccc32)c2ccccc2CC1. The van der Waals surface area contributed by atoms with Crippen molar-refractivity contribution in [1.29, 1.82) is 0 Å². The third-order valence-corrected chi connectivity index (χ3v) is 6.82. The quantitative estimate of drug-likeness (QED) is 0.368. The van der Waals surface area contributed by atoms with Crippen LogP contribution in [0.4, 0.5) is 0 Å². The van der Waals surface area contributed by atoms with Crippen molar-refractivity contribution in [2.45, 2.75) is 25.7 Å². The Morgan fingerprint density at radius 1 is 0.636 bits per heavy atom. The molecule has 0 fully saturated rings.